The maximum atomic E-state index is 10.3. The molecule has 1 saturated carbocycles. The Labute approximate surface area is 107 Å². The summed E-state index contributed by atoms with van der Waals surface area (Å²) in [7, 11) is 0. The first-order chi connectivity index (χ1) is 8.53. The summed E-state index contributed by atoms with van der Waals surface area (Å²) >= 11 is 0. The standard InChI is InChI=1S/C15H14N2O/c1-14(18,15(11-17)7-8-15)6-5-12-3-2-4-13(9-12)10-16/h2-6,9,18H,7-8H2,1H3/b6-5+/t14-/m1/s1. The molecule has 90 valence electrons. The highest BCUT2D eigenvalue weighted by atomic mass is 16.3. The molecule has 0 spiro atoms. The lowest BCUT2D eigenvalue weighted by atomic mass is 9.86. The second-order valence-electron chi connectivity index (χ2n) is 4.91. The van der Waals surface area contributed by atoms with Crippen molar-refractivity contribution in [2.75, 3.05) is 0 Å². The zero-order valence-electron chi connectivity index (χ0n) is 10.2. The summed E-state index contributed by atoms with van der Waals surface area (Å²) in [6.45, 7) is 1.66. The molecule has 1 aromatic carbocycles. The SMILES string of the molecule is C[C@@](O)(/C=C/c1cccc(C#N)c1)C1(C#N)CC1. The molecule has 1 N–H and O–H groups in total. The molecule has 0 heterocycles. The number of hydrogen-bond donors (Lipinski definition) is 1. The largest absolute Gasteiger partial charge is 0.384 e. The third kappa shape index (κ3) is 2.14. The van der Waals surface area contributed by atoms with E-state index in [4.69, 9.17) is 10.5 Å². The molecule has 3 heteroatoms. The Bertz CT molecular complexity index is 569. The van der Waals surface area contributed by atoms with Crippen molar-refractivity contribution in [1.82, 2.24) is 0 Å². The van der Waals surface area contributed by atoms with Gasteiger partial charge in [-0.2, -0.15) is 10.5 Å². The van der Waals surface area contributed by atoms with Crippen molar-refractivity contribution in [1.29, 1.82) is 10.5 Å². The molecule has 0 aliphatic heterocycles. The molecule has 1 aliphatic rings. The monoisotopic (exact) mass is 238 g/mol. The number of nitriles is 2. The van der Waals surface area contributed by atoms with Gasteiger partial charge >= 0.3 is 0 Å². The molecule has 1 atom stereocenters. The third-order valence-electron chi connectivity index (χ3n) is 3.55. The molecule has 1 aliphatic carbocycles. The molecule has 1 aromatic rings. The lowest BCUT2D eigenvalue weighted by Gasteiger charge is -2.24. The van der Waals surface area contributed by atoms with Crippen LogP contribution in [-0.2, 0) is 0 Å². The van der Waals surface area contributed by atoms with E-state index in [2.05, 4.69) is 12.1 Å². The van der Waals surface area contributed by atoms with Gasteiger partial charge in [-0.3, -0.25) is 0 Å². The quantitative estimate of drug-likeness (QED) is 0.880. The van der Waals surface area contributed by atoms with Gasteiger partial charge in [0, 0.05) is 0 Å². The zero-order chi connectivity index (χ0) is 13.2. The smallest absolute Gasteiger partial charge is 0.0991 e. The molecule has 18 heavy (non-hydrogen) atoms. The van der Waals surface area contributed by atoms with Crippen LogP contribution in [0.4, 0.5) is 0 Å². The summed E-state index contributed by atoms with van der Waals surface area (Å²) in [6, 6.07) is 11.4. The molecule has 0 aromatic heterocycles. The Balaban J connectivity index is 2.21. The fourth-order valence-electron chi connectivity index (χ4n) is 1.99. The van der Waals surface area contributed by atoms with E-state index in [0.29, 0.717) is 5.56 Å². The van der Waals surface area contributed by atoms with Gasteiger partial charge < -0.3 is 5.11 Å². The van der Waals surface area contributed by atoms with Crippen LogP contribution in [-0.4, -0.2) is 10.7 Å². The second-order valence-corrected chi connectivity index (χ2v) is 4.91. The summed E-state index contributed by atoms with van der Waals surface area (Å²) in [5.41, 5.74) is -0.318. The van der Waals surface area contributed by atoms with Gasteiger partial charge in [0.25, 0.3) is 0 Å². The van der Waals surface area contributed by atoms with Crippen LogP contribution in [0.1, 0.15) is 30.9 Å². The van der Waals surface area contributed by atoms with E-state index in [0.717, 1.165) is 18.4 Å². The predicted molar refractivity (Wildman–Crippen MR) is 68.1 cm³/mol. The molecule has 0 unspecified atom stereocenters. The Kier molecular flexibility index (Phi) is 2.95. The Morgan fingerprint density at radius 3 is 2.67 bits per heavy atom. The summed E-state index contributed by atoms with van der Waals surface area (Å²) in [6.07, 6.45) is 4.89. The molecule has 0 bridgehead atoms. The van der Waals surface area contributed by atoms with Crippen molar-refractivity contribution in [3.05, 3.63) is 41.5 Å². The van der Waals surface area contributed by atoms with Crippen LogP contribution in [0.3, 0.4) is 0 Å². The molecule has 1 fully saturated rings. The van der Waals surface area contributed by atoms with Crippen molar-refractivity contribution in [3.8, 4) is 12.1 Å². The van der Waals surface area contributed by atoms with E-state index in [-0.39, 0.29) is 0 Å². The maximum Gasteiger partial charge on any atom is 0.0991 e. The highest BCUT2D eigenvalue weighted by Crippen LogP contribution is 2.54. The van der Waals surface area contributed by atoms with Crippen LogP contribution in [0.5, 0.6) is 0 Å². The topological polar surface area (TPSA) is 67.8 Å². The molecule has 2 rings (SSSR count). The maximum absolute atomic E-state index is 10.3. The first kappa shape index (κ1) is 12.4. The van der Waals surface area contributed by atoms with Crippen molar-refractivity contribution in [2.24, 2.45) is 5.41 Å². The van der Waals surface area contributed by atoms with Crippen LogP contribution >= 0.6 is 0 Å². The van der Waals surface area contributed by atoms with Gasteiger partial charge in [0.15, 0.2) is 0 Å². The first-order valence-electron chi connectivity index (χ1n) is 5.86. The Morgan fingerprint density at radius 1 is 1.39 bits per heavy atom. The van der Waals surface area contributed by atoms with Gasteiger partial charge in [0.2, 0.25) is 0 Å². The van der Waals surface area contributed by atoms with Crippen molar-refractivity contribution in [2.45, 2.75) is 25.4 Å². The van der Waals surface area contributed by atoms with E-state index in [1.54, 1.807) is 37.3 Å². The summed E-state index contributed by atoms with van der Waals surface area (Å²) in [5, 5.41) is 28.2. The number of hydrogen-bond acceptors (Lipinski definition) is 3. The van der Waals surface area contributed by atoms with E-state index in [1.807, 2.05) is 6.07 Å². The van der Waals surface area contributed by atoms with Gasteiger partial charge in [0.1, 0.15) is 0 Å². The van der Waals surface area contributed by atoms with Crippen LogP contribution in [0.2, 0.25) is 0 Å². The predicted octanol–water partition coefficient (Wildman–Crippen LogP) is 2.63. The van der Waals surface area contributed by atoms with Crippen LogP contribution < -0.4 is 0 Å². The van der Waals surface area contributed by atoms with Crippen molar-refractivity contribution in [3.63, 3.8) is 0 Å². The van der Waals surface area contributed by atoms with Crippen molar-refractivity contribution < 1.29 is 5.11 Å². The van der Waals surface area contributed by atoms with E-state index in [1.165, 1.54) is 0 Å². The number of rotatable bonds is 3. The summed E-state index contributed by atoms with van der Waals surface area (Å²) < 4.78 is 0. The lowest BCUT2D eigenvalue weighted by molar-refractivity contribution is 0.0589. The highest BCUT2D eigenvalue weighted by Gasteiger charge is 2.55. The lowest BCUT2D eigenvalue weighted by Crippen LogP contribution is -2.32. The number of nitrogens with zero attached hydrogens (tertiary/aromatic N) is 2. The minimum atomic E-state index is -1.12. The summed E-state index contributed by atoms with van der Waals surface area (Å²) in [4.78, 5) is 0. The van der Waals surface area contributed by atoms with E-state index < -0.39 is 11.0 Å². The highest BCUT2D eigenvalue weighted by molar-refractivity contribution is 5.54. The van der Waals surface area contributed by atoms with E-state index in [9.17, 15) is 5.11 Å². The minimum Gasteiger partial charge on any atom is -0.384 e. The Morgan fingerprint density at radius 2 is 2.11 bits per heavy atom. The second kappa shape index (κ2) is 4.29. The van der Waals surface area contributed by atoms with E-state index >= 15 is 0 Å². The van der Waals surface area contributed by atoms with Gasteiger partial charge in [-0.15, -0.1) is 0 Å². The molecule has 0 saturated heterocycles. The zero-order valence-corrected chi connectivity index (χ0v) is 10.2. The average molecular weight is 238 g/mol. The van der Waals surface area contributed by atoms with Crippen LogP contribution in [0, 0.1) is 28.1 Å². The van der Waals surface area contributed by atoms with Crippen LogP contribution in [0.25, 0.3) is 6.08 Å². The molecular weight excluding hydrogens is 224 g/mol. The fraction of sp³-hybridized carbons (Fsp3) is 0.333. The van der Waals surface area contributed by atoms with Crippen molar-refractivity contribution >= 4 is 6.08 Å². The molecule has 0 amide bonds. The first-order valence-corrected chi connectivity index (χ1v) is 5.86. The van der Waals surface area contributed by atoms with Gasteiger partial charge in [-0.25, -0.2) is 0 Å². The van der Waals surface area contributed by atoms with Gasteiger partial charge in [-0.05, 0) is 37.5 Å². The van der Waals surface area contributed by atoms with Crippen LogP contribution in [0.15, 0.2) is 30.3 Å². The minimum absolute atomic E-state index is 0.582. The Hall–Kier alpha value is -2.10. The average Bonchev–Trinajstić information content (AvgIpc) is 3.18. The molecule has 0 radical (unpaired) electrons. The van der Waals surface area contributed by atoms with Gasteiger partial charge in [-0.1, -0.05) is 24.3 Å². The third-order valence-corrected chi connectivity index (χ3v) is 3.55. The fourth-order valence-corrected chi connectivity index (χ4v) is 1.99. The number of benzene rings is 1. The normalized spacial score (nSPS) is 19.8. The number of aliphatic hydroxyl groups is 1. The molecular formula is C15H14N2O. The molecule has 3 nitrogen and oxygen atoms in total. The summed E-state index contributed by atoms with van der Waals surface area (Å²) in [5.74, 6) is 0. The van der Waals surface area contributed by atoms with Gasteiger partial charge in [0.05, 0.1) is 28.7 Å².